The summed E-state index contributed by atoms with van der Waals surface area (Å²) in [4.78, 5) is 14.0. The SMILES string of the molecule is CNC(C)(CC(C)N(CCOC)C1CC1)C(N)=O. The molecule has 0 aliphatic heterocycles. The van der Waals surface area contributed by atoms with Crippen molar-refractivity contribution in [1.29, 1.82) is 0 Å². The second kappa shape index (κ2) is 6.50. The van der Waals surface area contributed by atoms with Gasteiger partial charge in [0.1, 0.15) is 0 Å². The van der Waals surface area contributed by atoms with Gasteiger partial charge in [0.15, 0.2) is 0 Å². The van der Waals surface area contributed by atoms with Crippen LogP contribution in [0.3, 0.4) is 0 Å². The van der Waals surface area contributed by atoms with Gasteiger partial charge in [-0.2, -0.15) is 0 Å². The summed E-state index contributed by atoms with van der Waals surface area (Å²) < 4.78 is 5.16. The number of amides is 1. The van der Waals surface area contributed by atoms with Gasteiger partial charge in [-0.25, -0.2) is 0 Å². The van der Waals surface area contributed by atoms with Crippen molar-refractivity contribution in [1.82, 2.24) is 10.2 Å². The van der Waals surface area contributed by atoms with E-state index in [1.54, 1.807) is 14.2 Å². The van der Waals surface area contributed by atoms with Crippen molar-refractivity contribution in [3.05, 3.63) is 0 Å². The van der Waals surface area contributed by atoms with Gasteiger partial charge in [-0.05, 0) is 40.2 Å². The summed E-state index contributed by atoms with van der Waals surface area (Å²) in [5.74, 6) is -0.292. The number of ether oxygens (including phenoxy) is 1. The minimum atomic E-state index is -0.639. The fraction of sp³-hybridized carbons (Fsp3) is 0.923. The number of hydrogen-bond acceptors (Lipinski definition) is 4. The molecule has 2 unspecified atom stereocenters. The molecule has 1 aliphatic rings. The van der Waals surface area contributed by atoms with Crippen molar-refractivity contribution in [2.45, 2.75) is 50.7 Å². The lowest BCUT2D eigenvalue weighted by molar-refractivity contribution is -0.124. The van der Waals surface area contributed by atoms with Gasteiger partial charge in [-0.15, -0.1) is 0 Å². The summed E-state index contributed by atoms with van der Waals surface area (Å²) in [5, 5.41) is 3.05. The third kappa shape index (κ3) is 3.93. The smallest absolute Gasteiger partial charge is 0.237 e. The summed E-state index contributed by atoms with van der Waals surface area (Å²) in [6.07, 6.45) is 3.22. The summed E-state index contributed by atoms with van der Waals surface area (Å²) in [7, 11) is 3.50. The Hall–Kier alpha value is -0.650. The molecule has 2 atom stereocenters. The number of carbonyl (C=O) groups is 1. The van der Waals surface area contributed by atoms with Crippen LogP contribution < -0.4 is 11.1 Å². The van der Waals surface area contributed by atoms with Crippen molar-refractivity contribution in [2.24, 2.45) is 5.73 Å². The molecule has 5 nitrogen and oxygen atoms in total. The first-order chi connectivity index (χ1) is 8.44. The Morgan fingerprint density at radius 3 is 2.61 bits per heavy atom. The maximum atomic E-state index is 11.5. The van der Waals surface area contributed by atoms with Crippen molar-refractivity contribution < 1.29 is 9.53 Å². The lowest BCUT2D eigenvalue weighted by Gasteiger charge is -2.35. The van der Waals surface area contributed by atoms with Gasteiger partial charge in [0.05, 0.1) is 12.1 Å². The zero-order chi connectivity index (χ0) is 13.8. The largest absolute Gasteiger partial charge is 0.383 e. The van der Waals surface area contributed by atoms with Crippen LogP contribution in [0.25, 0.3) is 0 Å². The predicted molar refractivity (Wildman–Crippen MR) is 72.3 cm³/mol. The van der Waals surface area contributed by atoms with Gasteiger partial charge < -0.3 is 15.8 Å². The van der Waals surface area contributed by atoms with E-state index in [9.17, 15) is 4.79 Å². The molecule has 0 spiro atoms. The summed E-state index contributed by atoms with van der Waals surface area (Å²) in [6.45, 7) is 5.67. The van der Waals surface area contributed by atoms with Gasteiger partial charge in [-0.3, -0.25) is 9.69 Å². The Labute approximate surface area is 110 Å². The molecular weight excluding hydrogens is 230 g/mol. The van der Waals surface area contributed by atoms with E-state index in [1.807, 2.05) is 6.92 Å². The second-order valence-electron chi connectivity index (χ2n) is 5.46. The first-order valence-corrected chi connectivity index (χ1v) is 6.68. The van der Waals surface area contributed by atoms with Crippen LogP contribution in [0.2, 0.25) is 0 Å². The van der Waals surface area contributed by atoms with Crippen LogP contribution in [-0.2, 0) is 9.53 Å². The lowest BCUT2D eigenvalue weighted by atomic mass is 9.92. The molecule has 18 heavy (non-hydrogen) atoms. The number of likely N-dealkylation sites (N-methyl/N-ethyl adjacent to an activating group) is 1. The highest BCUT2D eigenvalue weighted by Gasteiger charge is 2.37. The Balaban J connectivity index is 2.59. The average Bonchev–Trinajstić information content (AvgIpc) is 3.13. The Bertz CT molecular complexity index is 281. The Morgan fingerprint density at radius 1 is 1.61 bits per heavy atom. The molecule has 1 amide bonds. The molecule has 1 saturated carbocycles. The zero-order valence-electron chi connectivity index (χ0n) is 12.0. The number of methoxy groups -OCH3 is 1. The molecule has 0 saturated heterocycles. The topological polar surface area (TPSA) is 67.6 Å². The molecule has 5 heteroatoms. The highest BCUT2D eigenvalue weighted by atomic mass is 16.5. The first kappa shape index (κ1) is 15.4. The highest BCUT2D eigenvalue weighted by molar-refractivity contribution is 5.84. The van der Waals surface area contributed by atoms with E-state index in [1.165, 1.54) is 12.8 Å². The maximum Gasteiger partial charge on any atom is 0.237 e. The third-order valence-electron chi connectivity index (χ3n) is 3.93. The third-order valence-corrected chi connectivity index (χ3v) is 3.93. The van der Waals surface area contributed by atoms with Gasteiger partial charge in [0, 0.05) is 25.7 Å². The Morgan fingerprint density at radius 2 is 2.22 bits per heavy atom. The molecule has 0 aromatic carbocycles. The average molecular weight is 257 g/mol. The number of nitrogens with zero attached hydrogens (tertiary/aromatic N) is 1. The standard InChI is InChI=1S/C13H27N3O2/c1-10(9-13(2,15-3)12(14)17)16(7-8-18-4)11-5-6-11/h10-11,15H,5-9H2,1-4H3,(H2,14,17). The van der Waals surface area contributed by atoms with Gasteiger partial charge in [0.25, 0.3) is 0 Å². The molecule has 0 radical (unpaired) electrons. The molecule has 1 fully saturated rings. The monoisotopic (exact) mass is 257 g/mol. The number of hydrogen-bond donors (Lipinski definition) is 2. The van der Waals surface area contributed by atoms with E-state index >= 15 is 0 Å². The van der Waals surface area contributed by atoms with E-state index in [-0.39, 0.29) is 5.91 Å². The minimum absolute atomic E-state index is 0.292. The van der Waals surface area contributed by atoms with Crippen LogP contribution in [0.15, 0.2) is 0 Å². The van der Waals surface area contributed by atoms with Crippen LogP contribution in [0.5, 0.6) is 0 Å². The fourth-order valence-electron chi connectivity index (χ4n) is 2.40. The van der Waals surface area contributed by atoms with E-state index < -0.39 is 5.54 Å². The Kier molecular flexibility index (Phi) is 5.56. The summed E-state index contributed by atoms with van der Waals surface area (Å²) in [6, 6.07) is 0.974. The molecule has 0 aromatic heterocycles. The van der Waals surface area contributed by atoms with Gasteiger partial charge in [-0.1, -0.05) is 0 Å². The van der Waals surface area contributed by atoms with Crippen LogP contribution in [-0.4, -0.2) is 55.7 Å². The number of primary amides is 1. The van der Waals surface area contributed by atoms with E-state index in [2.05, 4.69) is 17.1 Å². The highest BCUT2D eigenvalue weighted by Crippen LogP contribution is 2.30. The molecular formula is C13H27N3O2. The molecule has 1 aliphatic carbocycles. The van der Waals surface area contributed by atoms with E-state index in [0.717, 1.165) is 19.6 Å². The molecule has 0 heterocycles. The molecule has 1 rings (SSSR count). The van der Waals surface area contributed by atoms with E-state index in [4.69, 9.17) is 10.5 Å². The van der Waals surface area contributed by atoms with Crippen molar-refractivity contribution in [3.8, 4) is 0 Å². The van der Waals surface area contributed by atoms with Gasteiger partial charge >= 0.3 is 0 Å². The molecule has 3 N–H and O–H groups in total. The van der Waals surface area contributed by atoms with Gasteiger partial charge in [0.2, 0.25) is 5.91 Å². The molecule has 0 bridgehead atoms. The van der Waals surface area contributed by atoms with E-state index in [0.29, 0.717) is 12.1 Å². The minimum Gasteiger partial charge on any atom is -0.383 e. The van der Waals surface area contributed by atoms with Crippen LogP contribution in [0.4, 0.5) is 0 Å². The normalized spacial score (nSPS) is 20.7. The summed E-state index contributed by atoms with van der Waals surface area (Å²) in [5.41, 5.74) is 4.84. The van der Waals surface area contributed by atoms with Crippen molar-refractivity contribution in [3.63, 3.8) is 0 Å². The number of carbonyl (C=O) groups excluding carboxylic acids is 1. The van der Waals surface area contributed by atoms with Crippen LogP contribution in [0.1, 0.15) is 33.1 Å². The van der Waals surface area contributed by atoms with Crippen molar-refractivity contribution >= 4 is 5.91 Å². The van der Waals surface area contributed by atoms with Crippen molar-refractivity contribution in [2.75, 3.05) is 27.3 Å². The molecule has 0 aromatic rings. The number of nitrogens with one attached hydrogen (secondary N) is 1. The fourth-order valence-corrected chi connectivity index (χ4v) is 2.40. The zero-order valence-corrected chi connectivity index (χ0v) is 12.0. The summed E-state index contributed by atoms with van der Waals surface area (Å²) >= 11 is 0. The quantitative estimate of drug-likeness (QED) is 0.625. The second-order valence-corrected chi connectivity index (χ2v) is 5.46. The maximum absolute atomic E-state index is 11.5. The number of nitrogens with two attached hydrogens (primary N) is 1. The lowest BCUT2D eigenvalue weighted by Crippen LogP contribution is -2.55. The van der Waals surface area contributed by atoms with Crippen LogP contribution in [0, 0.1) is 0 Å². The first-order valence-electron chi connectivity index (χ1n) is 6.68. The number of rotatable bonds is 9. The van der Waals surface area contributed by atoms with Crippen LogP contribution >= 0.6 is 0 Å². The molecule has 106 valence electrons. The predicted octanol–water partition coefficient (Wildman–Crippen LogP) is 0.339.